The van der Waals surface area contributed by atoms with E-state index in [1.54, 1.807) is 0 Å². The highest BCUT2D eigenvalue weighted by Crippen LogP contribution is 2.53. The molecule has 0 fully saturated rings. The lowest BCUT2D eigenvalue weighted by Crippen LogP contribution is -2.15. The first-order valence-electron chi connectivity index (χ1n) is 24.6. The van der Waals surface area contributed by atoms with Crippen molar-refractivity contribution in [3.8, 4) is 22.3 Å². The van der Waals surface area contributed by atoms with E-state index in [1.165, 1.54) is 43.1 Å². The molecule has 0 saturated carbocycles. The summed E-state index contributed by atoms with van der Waals surface area (Å²) in [6.45, 7) is 8.29. The maximum Gasteiger partial charge on any atom is 0.0620 e. The highest BCUT2D eigenvalue weighted by atomic mass is 15.2. The lowest BCUT2D eigenvalue weighted by molar-refractivity contribution is 1.31. The minimum atomic E-state index is 1.07. The third kappa shape index (κ3) is 7.54. The molecule has 0 aromatic heterocycles. The number of fused-ring (bicyclic) bond motifs is 6. The van der Waals surface area contributed by atoms with Crippen molar-refractivity contribution in [3.05, 3.63) is 279 Å². The second-order valence-corrected chi connectivity index (χ2v) is 18.7. The van der Waals surface area contributed by atoms with E-state index in [2.05, 4.69) is 278 Å². The van der Waals surface area contributed by atoms with Crippen LogP contribution >= 0.6 is 0 Å². The summed E-state index contributed by atoms with van der Waals surface area (Å²) in [6, 6.07) is 93.8. The fourth-order valence-corrected chi connectivity index (χ4v) is 10.8. The van der Waals surface area contributed by atoms with Gasteiger partial charge in [0.15, 0.2) is 0 Å². The van der Waals surface area contributed by atoms with Gasteiger partial charge in [-0.3, -0.25) is 0 Å². The summed E-state index contributed by atoms with van der Waals surface area (Å²) in [5, 5.41) is 14.0. The summed E-state index contributed by atoms with van der Waals surface area (Å²) in [5.41, 5.74) is 13.1. The van der Waals surface area contributed by atoms with Crippen LogP contribution in [0.25, 0.3) is 99.0 Å². The van der Waals surface area contributed by atoms with Gasteiger partial charge in [-0.2, -0.15) is 0 Å². The maximum absolute atomic E-state index is 4.15. The predicted molar refractivity (Wildman–Crippen MR) is 312 cm³/mol. The molecule has 0 atom stereocenters. The predicted octanol–water partition coefficient (Wildman–Crippen LogP) is 20.2. The second kappa shape index (κ2) is 17.8. The fourth-order valence-electron chi connectivity index (χ4n) is 10.8. The molecule has 2 nitrogen and oxygen atoms in total. The SMILES string of the molecule is C=Cc1cccc(-c2ccc3c(N(c4ccc5ccccc5c4)c4ccc5ccccc5c4)c4cc(-c5cccc(C=C)c5)ccc4c(N(c4ccc5ccccc5c4)c4ccc5ccccc5c4)c3c2)c1. The van der Waals surface area contributed by atoms with Crippen LogP contribution in [-0.4, -0.2) is 0 Å². The molecular formula is C70H48N2. The van der Waals surface area contributed by atoms with E-state index < -0.39 is 0 Å². The van der Waals surface area contributed by atoms with Crippen molar-refractivity contribution in [1.82, 2.24) is 0 Å². The van der Waals surface area contributed by atoms with Crippen molar-refractivity contribution in [2.24, 2.45) is 0 Å². The Morgan fingerprint density at radius 2 is 0.542 bits per heavy atom. The number of anilines is 6. The van der Waals surface area contributed by atoms with Crippen LogP contribution in [0.15, 0.2) is 268 Å². The molecule has 13 aromatic carbocycles. The number of benzene rings is 13. The van der Waals surface area contributed by atoms with Crippen LogP contribution in [-0.2, 0) is 0 Å². The van der Waals surface area contributed by atoms with Gasteiger partial charge in [-0.05, 0) is 149 Å². The molecule has 0 unspecified atom stereocenters. The third-order valence-corrected chi connectivity index (χ3v) is 14.4. The minimum absolute atomic E-state index is 1.07. The molecule has 0 amide bonds. The Morgan fingerprint density at radius 3 is 0.861 bits per heavy atom. The van der Waals surface area contributed by atoms with E-state index in [-0.39, 0.29) is 0 Å². The topological polar surface area (TPSA) is 6.48 Å². The van der Waals surface area contributed by atoms with Crippen molar-refractivity contribution in [2.75, 3.05) is 9.80 Å². The molecule has 0 saturated heterocycles. The summed E-state index contributed by atoms with van der Waals surface area (Å²) in [5.74, 6) is 0. The first kappa shape index (κ1) is 42.6. The van der Waals surface area contributed by atoms with E-state index in [1.807, 2.05) is 12.2 Å². The normalized spacial score (nSPS) is 11.4. The zero-order valence-electron chi connectivity index (χ0n) is 39.7. The molecular weight excluding hydrogens is 869 g/mol. The molecule has 13 rings (SSSR count). The van der Waals surface area contributed by atoms with Gasteiger partial charge in [0.25, 0.3) is 0 Å². The van der Waals surface area contributed by atoms with Gasteiger partial charge in [-0.25, -0.2) is 0 Å². The largest absolute Gasteiger partial charge is 0.309 e. The summed E-state index contributed by atoms with van der Waals surface area (Å²) in [4.78, 5) is 5.01. The lowest BCUT2D eigenvalue weighted by Gasteiger charge is -2.33. The van der Waals surface area contributed by atoms with E-state index in [9.17, 15) is 0 Å². The van der Waals surface area contributed by atoms with Crippen LogP contribution in [0.3, 0.4) is 0 Å². The smallest absolute Gasteiger partial charge is 0.0620 e. The maximum atomic E-state index is 4.15. The van der Waals surface area contributed by atoms with E-state index in [0.717, 1.165) is 89.0 Å². The average molecular weight is 917 g/mol. The van der Waals surface area contributed by atoms with Gasteiger partial charge in [-0.15, -0.1) is 0 Å². The van der Waals surface area contributed by atoms with Gasteiger partial charge in [0.05, 0.1) is 11.4 Å². The van der Waals surface area contributed by atoms with Crippen LogP contribution < -0.4 is 9.80 Å². The van der Waals surface area contributed by atoms with Gasteiger partial charge >= 0.3 is 0 Å². The molecule has 0 aliphatic rings. The number of nitrogens with zero attached hydrogens (tertiary/aromatic N) is 2. The van der Waals surface area contributed by atoms with Crippen LogP contribution in [0.5, 0.6) is 0 Å². The highest BCUT2D eigenvalue weighted by molar-refractivity contribution is 6.25. The molecule has 0 aliphatic heterocycles. The van der Waals surface area contributed by atoms with E-state index in [0.29, 0.717) is 0 Å². The van der Waals surface area contributed by atoms with Gasteiger partial charge in [0.1, 0.15) is 0 Å². The highest BCUT2D eigenvalue weighted by Gasteiger charge is 2.27. The van der Waals surface area contributed by atoms with Gasteiger partial charge < -0.3 is 9.80 Å². The van der Waals surface area contributed by atoms with Crippen LogP contribution in [0.4, 0.5) is 34.1 Å². The Balaban J connectivity index is 1.21. The Hall–Kier alpha value is -9.50. The molecule has 13 aromatic rings. The molecule has 0 bridgehead atoms. The molecule has 0 aliphatic carbocycles. The summed E-state index contributed by atoms with van der Waals surface area (Å²) < 4.78 is 0. The summed E-state index contributed by atoms with van der Waals surface area (Å²) >= 11 is 0. The molecule has 72 heavy (non-hydrogen) atoms. The quantitative estimate of drug-likeness (QED) is 0.0996. The lowest BCUT2D eigenvalue weighted by atomic mass is 9.90. The second-order valence-electron chi connectivity index (χ2n) is 18.7. The van der Waals surface area contributed by atoms with Gasteiger partial charge in [-0.1, -0.05) is 207 Å². The number of hydrogen-bond donors (Lipinski definition) is 0. The monoisotopic (exact) mass is 916 g/mol. The number of rotatable bonds is 10. The summed E-state index contributed by atoms with van der Waals surface area (Å²) in [7, 11) is 0. The van der Waals surface area contributed by atoms with E-state index in [4.69, 9.17) is 0 Å². The first-order valence-corrected chi connectivity index (χ1v) is 24.6. The van der Waals surface area contributed by atoms with Gasteiger partial charge in [0.2, 0.25) is 0 Å². The molecule has 338 valence electrons. The molecule has 0 spiro atoms. The zero-order valence-corrected chi connectivity index (χ0v) is 39.7. The Bertz CT molecular complexity index is 3860. The Kier molecular flexibility index (Phi) is 10.5. The average Bonchev–Trinajstić information content (AvgIpc) is 3.45. The fraction of sp³-hybridized carbons (Fsp3) is 0. The molecule has 2 heteroatoms. The van der Waals surface area contributed by atoms with Crippen molar-refractivity contribution < 1.29 is 0 Å². The van der Waals surface area contributed by atoms with Crippen molar-refractivity contribution in [3.63, 3.8) is 0 Å². The third-order valence-electron chi connectivity index (χ3n) is 14.4. The molecule has 0 radical (unpaired) electrons. The minimum Gasteiger partial charge on any atom is -0.309 e. The van der Waals surface area contributed by atoms with Crippen molar-refractivity contribution >= 4 is 111 Å². The molecule has 0 heterocycles. The van der Waals surface area contributed by atoms with Crippen molar-refractivity contribution in [2.45, 2.75) is 0 Å². The Morgan fingerprint density at radius 1 is 0.236 bits per heavy atom. The number of hydrogen-bond acceptors (Lipinski definition) is 2. The Labute approximate surface area is 419 Å². The van der Waals surface area contributed by atoms with Crippen molar-refractivity contribution in [1.29, 1.82) is 0 Å². The molecule has 0 N–H and O–H groups in total. The van der Waals surface area contributed by atoms with Crippen LogP contribution in [0, 0.1) is 0 Å². The zero-order chi connectivity index (χ0) is 48.1. The summed E-state index contributed by atoms with van der Waals surface area (Å²) in [6.07, 6.45) is 3.85. The first-order chi connectivity index (χ1) is 35.6. The van der Waals surface area contributed by atoms with Crippen LogP contribution in [0.2, 0.25) is 0 Å². The van der Waals surface area contributed by atoms with Crippen LogP contribution in [0.1, 0.15) is 11.1 Å². The van der Waals surface area contributed by atoms with E-state index >= 15 is 0 Å². The standard InChI is InChI=1S/C70H48N2/c1-3-47-15-13-25-53(39-47)59-31-37-65-67(45-59)69(71(61-33-27-49-17-5-9-21-55(49)41-61)62-34-28-50-18-6-10-22-56(50)42-62)66-38-32-60(54-26-14-16-48(4-2)40-54)46-68(66)70(65)72(63-35-29-51-19-7-11-23-57(51)43-63)64-36-30-52-20-8-12-24-58(52)44-64/h3-46H,1-2H2. The van der Waals surface area contributed by atoms with Gasteiger partial charge in [0, 0.05) is 44.3 Å².